The molecular weight excluding hydrogens is 306 g/mol. The standard InChI is InChI=1S/C14H15N3O6/c1-9-14(17(20)21)13(23-15-9)7-11(8-16(18)19)10-4-3-5-12(6-10)22-2/h3-6,11H,7-8H2,1-2H3. The van der Waals surface area contributed by atoms with E-state index >= 15 is 0 Å². The molecule has 0 spiro atoms. The summed E-state index contributed by atoms with van der Waals surface area (Å²) in [6, 6.07) is 6.81. The predicted molar refractivity (Wildman–Crippen MR) is 79.2 cm³/mol. The van der Waals surface area contributed by atoms with Gasteiger partial charge in [0.25, 0.3) is 0 Å². The monoisotopic (exact) mass is 321 g/mol. The fourth-order valence-corrected chi connectivity index (χ4v) is 2.37. The Bertz CT molecular complexity index is 727. The van der Waals surface area contributed by atoms with Gasteiger partial charge in [-0.05, 0) is 24.6 Å². The highest BCUT2D eigenvalue weighted by atomic mass is 16.6. The van der Waals surface area contributed by atoms with Gasteiger partial charge in [0, 0.05) is 11.3 Å². The first-order valence-corrected chi connectivity index (χ1v) is 6.77. The van der Waals surface area contributed by atoms with Crippen LogP contribution in [-0.2, 0) is 6.42 Å². The van der Waals surface area contributed by atoms with Crippen LogP contribution < -0.4 is 4.74 Å². The molecule has 1 aromatic heterocycles. The summed E-state index contributed by atoms with van der Waals surface area (Å²) >= 11 is 0. The third kappa shape index (κ3) is 3.82. The van der Waals surface area contributed by atoms with E-state index in [1.165, 1.54) is 14.0 Å². The molecule has 0 aliphatic rings. The third-order valence-corrected chi connectivity index (χ3v) is 3.45. The zero-order valence-electron chi connectivity index (χ0n) is 12.6. The van der Waals surface area contributed by atoms with Gasteiger partial charge in [0.2, 0.25) is 12.3 Å². The molecule has 0 radical (unpaired) electrons. The maximum Gasteiger partial charge on any atom is 0.334 e. The Morgan fingerprint density at radius 3 is 2.70 bits per heavy atom. The van der Waals surface area contributed by atoms with Gasteiger partial charge < -0.3 is 9.26 Å². The van der Waals surface area contributed by atoms with Crippen molar-refractivity contribution in [2.45, 2.75) is 19.3 Å². The number of nitrogens with zero attached hydrogens (tertiary/aromatic N) is 3. The molecule has 0 fully saturated rings. The number of rotatable bonds is 7. The molecule has 0 saturated carbocycles. The highest BCUT2D eigenvalue weighted by Gasteiger charge is 2.29. The topological polar surface area (TPSA) is 122 Å². The predicted octanol–water partition coefficient (Wildman–Crippen LogP) is 2.50. The first-order valence-electron chi connectivity index (χ1n) is 6.77. The minimum Gasteiger partial charge on any atom is -0.497 e. The van der Waals surface area contributed by atoms with Crippen LogP contribution >= 0.6 is 0 Å². The molecule has 1 aromatic carbocycles. The van der Waals surface area contributed by atoms with E-state index < -0.39 is 15.8 Å². The van der Waals surface area contributed by atoms with Gasteiger partial charge in [-0.1, -0.05) is 17.3 Å². The first-order chi connectivity index (χ1) is 10.9. The summed E-state index contributed by atoms with van der Waals surface area (Å²) in [5, 5.41) is 25.6. The Kier molecular flexibility index (Phi) is 4.89. The van der Waals surface area contributed by atoms with E-state index in [2.05, 4.69) is 5.16 Å². The van der Waals surface area contributed by atoms with Crippen LogP contribution in [0.4, 0.5) is 5.69 Å². The van der Waals surface area contributed by atoms with Crippen LogP contribution in [0.15, 0.2) is 28.8 Å². The maximum absolute atomic E-state index is 11.1. The van der Waals surface area contributed by atoms with Crippen LogP contribution in [0.3, 0.4) is 0 Å². The Labute approximate surface area is 131 Å². The van der Waals surface area contributed by atoms with Gasteiger partial charge in [-0.15, -0.1) is 0 Å². The molecule has 9 heteroatoms. The third-order valence-electron chi connectivity index (χ3n) is 3.45. The molecule has 1 atom stereocenters. The van der Waals surface area contributed by atoms with Crippen molar-refractivity contribution in [1.82, 2.24) is 5.16 Å². The first kappa shape index (κ1) is 16.4. The van der Waals surface area contributed by atoms with Crippen molar-refractivity contribution in [3.63, 3.8) is 0 Å². The SMILES string of the molecule is COc1cccc(C(Cc2onc(C)c2[N+](=O)[O-])C[N+](=O)[O-])c1. The molecule has 23 heavy (non-hydrogen) atoms. The van der Waals surface area contributed by atoms with E-state index in [1.807, 2.05) is 0 Å². The number of aromatic nitrogens is 1. The summed E-state index contributed by atoms with van der Waals surface area (Å²) < 4.78 is 10.1. The number of hydrogen-bond donors (Lipinski definition) is 0. The largest absolute Gasteiger partial charge is 0.497 e. The second-order valence-electron chi connectivity index (χ2n) is 4.99. The van der Waals surface area contributed by atoms with E-state index in [9.17, 15) is 20.2 Å². The Morgan fingerprint density at radius 2 is 2.09 bits per heavy atom. The molecule has 9 nitrogen and oxygen atoms in total. The molecule has 0 N–H and O–H groups in total. The molecule has 2 rings (SSSR count). The minimum absolute atomic E-state index is 0.00526. The average Bonchev–Trinajstić information content (AvgIpc) is 2.87. The molecule has 2 aromatic rings. The van der Waals surface area contributed by atoms with Gasteiger partial charge in [0.15, 0.2) is 5.69 Å². The molecular formula is C14H15N3O6. The quantitative estimate of drug-likeness (QED) is 0.567. The summed E-state index contributed by atoms with van der Waals surface area (Å²) in [6.45, 7) is 1.07. The highest BCUT2D eigenvalue weighted by molar-refractivity contribution is 5.39. The normalized spacial score (nSPS) is 11.9. The molecule has 122 valence electrons. The Balaban J connectivity index is 2.36. The highest BCUT2D eigenvalue weighted by Crippen LogP contribution is 2.30. The maximum atomic E-state index is 11.1. The van der Waals surface area contributed by atoms with E-state index in [0.717, 1.165) is 0 Å². The van der Waals surface area contributed by atoms with Crippen LogP contribution in [-0.4, -0.2) is 28.7 Å². The second-order valence-corrected chi connectivity index (χ2v) is 4.99. The summed E-state index contributed by atoms with van der Waals surface area (Å²) in [4.78, 5) is 21.0. The molecule has 0 aliphatic heterocycles. The van der Waals surface area contributed by atoms with Crippen LogP contribution in [0.5, 0.6) is 5.75 Å². The van der Waals surface area contributed by atoms with Crippen LogP contribution in [0.25, 0.3) is 0 Å². The number of hydrogen-bond acceptors (Lipinski definition) is 7. The smallest absolute Gasteiger partial charge is 0.334 e. The minimum atomic E-state index is -0.592. The van der Waals surface area contributed by atoms with E-state index in [1.54, 1.807) is 24.3 Å². The van der Waals surface area contributed by atoms with E-state index in [-0.39, 0.29) is 30.1 Å². The van der Waals surface area contributed by atoms with Gasteiger partial charge in [0.1, 0.15) is 5.75 Å². The van der Waals surface area contributed by atoms with Crippen molar-refractivity contribution in [3.8, 4) is 5.75 Å². The van der Waals surface area contributed by atoms with E-state index in [0.29, 0.717) is 11.3 Å². The van der Waals surface area contributed by atoms with Crippen molar-refractivity contribution in [2.24, 2.45) is 0 Å². The van der Waals surface area contributed by atoms with Gasteiger partial charge >= 0.3 is 5.69 Å². The zero-order valence-corrected chi connectivity index (χ0v) is 12.6. The molecule has 0 bridgehead atoms. The number of nitro groups is 2. The lowest BCUT2D eigenvalue weighted by Gasteiger charge is -2.12. The summed E-state index contributed by atoms with van der Waals surface area (Å²) in [7, 11) is 1.49. The Hall–Kier alpha value is -2.97. The lowest BCUT2D eigenvalue weighted by Crippen LogP contribution is -2.15. The zero-order chi connectivity index (χ0) is 17.0. The molecule has 1 unspecified atom stereocenters. The van der Waals surface area contributed by atoms with Crippen molar-refractivity contribution in [2.75, 3.05) is 13.7 Å². The van der Waals surface area contributed by atoms with Crippen molar-refractivity contribution in [3.05, 3.63) is 61.5 Å². The van der Waals surface area contributed by atoms with Gasteiger partial charge in [-0.25, -0.2) is 0 Å². The number of benzene rings is 1. The van der Waals surface area contributed by atoms with Gasteiger partial charge in [-0.3, -0.25) is 20.2 Å². The molecule has 0 amide bonds. The average molecular weight is 321 g/mol. The Morgan fingerprint density at radius 1 is 1.35 bits per heavy atom. The van der Waals surface area contributed by atoms with Crippen LogP contribution in [0.1, 0.15) is 22.9 Å². The fourth-order valence-electron chi connectivity index (χ4n) is 2.37. The van der Waals surface area contributed by atoms with Crippen LogP contribution in [0.2, 0.25) is 0 Å². The van der Waals surface area contributed by atoms with Crippen LogP contribution in [0, 0.1) is 27.2 Å². The second kappa shape index (κ2) is 6.86. The summed E-state index contributed by atoms with van der Waals surface area (Å²) in [5.74, 6) is -0.00702. The van der Waals surface area contributed by atoms with E-state index in [4.69, 9.17) is 9.26 Å². The van der Waals surface area contributed by atoms with Crippen molar-refractivity contribution in [1.29, 1.82) is 0 Å². The lowest BCUT2D eigenvalue weighted by atomic mass is 9.94. The number of methoxy groups -OCH3 is 1. The van der Waals surface area contributed by atoms with Gasteiger partial charge in [0.05, 0.1) is 18.0 Å². The van der Waals surface area contributed by atoms with Crippen molar-refractivity contribution >= 4 is 5.69 Å². The van der Waals surface area contributed by atoms with Gasteiger partial charge in [-0.2, -0.15) is 0 Å². The lowest BCUT2D eigenvalue weighted by molar-refractivity contribution is -0.483. The number of aryl methyl sites for hydroxylation is 1. The summed E-state index contributed by atoms with van der Waals surface area (Å²) in [5.41, 5.74) is 0.557. The van der Waals surface area contributed by atoms with Crippen molar-refractivity contribution < 1.29 is 19.1 Å². The molecule has 0 aliphatic carbocycles. The fraction of sp³-hybridized carbons (Fsp3) is 0.357. The number of ether oxygens (including phenoxy) is 1. The summed E-state index contributed by atoms with van der Waals surface area (Å²) in [6.07, 6.45) is 0.00526. The molecule has 1 heterocycles. The molecule has 0 saturated heterocycles.